The number of halogens is 1. The van der Waals surface area contributed by atoms with E-state index in [1.165, 1.54) is 17.1 Å². The van der Waals surface area contributed by atoms with Crippen LogP contribution >= 0.6 is 0 Å². The van der Waals surface area contributed by atoms with Gasteiger partial charge in [0.1, 0.15) is 23.7 Å². The molecule has 5 rings (SSSR count). The van der Waals surface area contributed by atoms with Crippen LogP contribution < -0.4 is 4.90 Å². The van der Waals surface area contributed by atoms with Crippen LogP contribution in [-0.4, -0.2) is 60.9 Å². The van der Waals surface area contributed by atoms with Crippen LogP contribution in [0.4, 0.5) is 10.4 Å². The van der Waals surface area contributed by atoms with Crippen LogP contribution in [0.3, 0.4) is 0 Å². The van der Waals surface area contributed by atoms with Crippen LogP contribution in [0.1, 0.15) is 67.5 Å². The second kappa shape index (κ2) is 8.57. The first-order valence-electron chi connectivity index (χ1n) is 11.5. The molecule has 3 heterocycles. The van der Waals surface area contributed by atoms with Gasteiger partial charge in [0, 0.05) is 31.1 Å². The molecule has 1 saturated carbocycles. The van der Waals surface area contributed by atoms with Crippen LogP contribution in [0.2, 0.25) is 0 Å². The highest BCUT2D eigenvalue weighted by molar-refractivity contribution is 5.98. The molecule has 1 saturated heterocycles. The minimum absolute atomic E-state index is 0.0710. The van der Waals surface area contributed by atoms with Gasteiger partial charge in [0.2, 0.25) is 0 Å². The summed E-state index contributed by atoms with van der Waals surface area (Å²) in [7, 11) is 0. The van der Waals surface area contributed by atoms with Gasteiger partial charge < -0.3 is 14.3 Å². The molecule has 2 aromatic heterocycles. The van der Waals surface area contributed by atoms with Gasteiger partial charge in [-0.3, -0.25) is 4.79 Å². The van der Waals surface area contributed by atoms with Crippen LogP contribution in [0.15, 0.2) is 29.0 Å². The highest BCUT2D eigenvalue weighted by Gasteiger charge is 2.40. The van der Waals surface area contributed by atoms with E-state index in [1.54, 1.807) is 19.1 Å². The Kier molecular flexibility index (Phi) is 5.59. The maximum atomic E-state index is 14.9. The topological polar surface area (TPSA) is 93.2 Å². The monoisotopic (exact) mass is 453 g/mol. The molecule has 33 heavy (non-hydrogen) atoms. The fraction of sp³-hybridized carbons (Fsp3) is 0.522. The molecule has 0 atom stereocenters. The number of hydrogen-bond acceptors (Lipinski definition) is 7. The third-order valence-corrected chi connectivity index (χ3v) is 6.40. The van der Waals surface area contributed by atoms with E-state index in [4.69, 9.17) is 4.52 Å². The Bertz CT molecular complexity index is 1150. The van der Waals surface area contributed by atoms with E-state index in [2.05, 4.69) is 25.1 Å². The standard InChI is InChI=1S/C23H28FN7O2/c1-14(2)21-27-23(33-28-21)29-11-9-17(10-12-29)30(16-7-8-16)22(32)18-5-4-6-19(24)20(18)31-15(3)25-13-26-31/h4-6,13-14,16-17H,7-12H2,1-3H3. The Labute approximate surface area is 191 Å². The fourth-order valence-electron chi connectivity index (χ4n) is 4.47. The summed E-state index contributed by atoms with van der Waals surface area (Å²) in [6.45, 7) is 7.24. The van der Waals surface area contributed by atoms with Gasteiger partial charge in [-0.15, -0.1) is 0 Å². The second-order valence-corrected chi connectivity index (χ2v) is 9.11. The van der Waals surface area contributed by atoms with Crippen molar-refractivity contribution in [3.63, 3.8) is 0 Å². The maximum absolute atomic E-state index is 14.9. The Hall–Kier alpha value is -3.30. The minimum Gasteiger partial charge on any atom is -0.332 e. The third-order valence-electron chi connectivity index (χ3n) is 6.40. The molecule has 9 nitrogen and oxygen atoms in total. The molecule has 0 bridgehead atoms. The van der Waals surface area contributed by atoms with Gasteiger partial charge in [0.25, 0.3) is 5.91 Å². The SMILES string of the molecule is Cc1ncnn1-c1c(F)cccc1C(=O)N(C1CC1)C1CCN(c2nc(C(C)C)no2)CC1. The van der Waals surface area contributed by atoms with Crippen LogP contribution in [-0.2, 0) is 0 Å². The molecule has 3 aromatic rings. The first-order chi connectivity index (χ1) is 15.9. The number of piperidine rings is 1. The molecule has 0 spiro atoms. The molecular formula is C23H28FN7O2. The van der Waals surface area contributed by atoms with Gasteiger partial charge in [-0.25, -0.2) is 14.1 Å². The number of nitrogens with zero attached hydrogens (tertiary/aromatic N) is 7. The van der Waals surface area contributed by atoms with Crippen LogP contribution in [0.5, 0.6) is 0 Å². The predicted molar refractivity (Wildman–Crippen MR) is 119 cm³/mol. The molecule has 1 aromatic carbocycles. The number of rotatable bonds is 6. The zero-order valence-electron chi connectivity index (χ0n) is 19.1. The number of aryl methyl sites for hydroxylation is 1. The van der Waals surface area contributed by atoms with Gasteiger partial charge in [-0.1, -0.05) is 25.1 Å². The molecule has 1 aliphatic carbocycles. The molecule has 1 amide bonds. The zero-order chi connectivity index (χ0) is 23.1. The van der Waals surface area contributed by atoms with Crippen molar-refractivity contribution >= 4 is 11.9 Å². The van der Waals surface area contributed by atoms with E-state index in [0.29, 0.717) is 23.2 Å². The molecule has 0 radical (unpaired) electrons. The van der Waals surface area contributed by atoms with Gasteiger partial charge in [-0.2, -0.15) is 10.1 Å². The summed E-state index contributed by atoms with van der Waals surface area (Å²) < 4.78 is 21.7. The lowest BCUT2D eigenvalue weighted by Gasteiger charge is -2.38. The van der Waals surface area contributed by atoms with Crippen molar-refractivity contribution < 1.29 is 13.7 Å². The molecule has 2 aliphatic rings. The number of benzene rings is 1. The number of aromatic nitrogens is 5. The van der Waals surface area contributed by atoms with E-state index < -0.39 is 5.82 Å². The average Bonchev–Trinajstić information content (AvgIpc) is 3.33. The van der Waals surface area contributed by atoms with Crippen molar-refractivity contribution in [1.29, 1.82) is 0 Å². The lowest BCUT2D eigenvalue weighted by Crippen LogP contribution is -2.48. The maximum Gasteiger partial charge on any atom is 0.324 e. The van der Waals surface area contributed by atoms with Crippen molar-refractivity contribution in [2.75, 3.05) is 18.0 Å². The minimum atomic E-state index is -0.489. The van der Waals surface area contributed by atoms with Crippen LogP contribution in [0, 0.1) is 12.7 Å². The number of carbonyl (C=O) groups is 1. The number of para-hydroxylation sites is 1. The average molecular weight is 454 g/mol. The Balaban J connectivity index is 1.37. The second-order valence-electron chi connectivity index (χ2n) is 9.11. The molecule has 2 fully saturated rings. The van der Waals surface area contributed by atoms with Crippen molar-refractivity contribution in [2.45, 2.75) is 64.5 Å². The molecule has 0 N–H and O–H groups in total. The summed E-state index contributed by atoms with van der Waals surface area (Å²) in [5.41, 5.74) is 0.476. The van der Waals surface area contributed by atoms with Gasteiger partial charge >= 0.3 is 6.01 Å². The lowest BCUT2D eigenvalue weighted by atomic mass is 10.0. The largest absolute Gasteiger partial charge is 0.332 e. The van der Waals surface area contributed by atoms with Crippen molar-refractivity contribution in [2.24, 2.45) is 0 Å². The fourth-order valence-corrected chi connectivity index (χ4v) is 4.47. The van der Waals surface area contributed by atoms with E-state index in [0.717, 1.165) is 38.8 Å². The number of hydrogen-bond donors (Lipinski definition) is 0. The zero-order valence-corrected chi connectivity index (χ0v) is 19.1. The van der Waals surface area contributed by atoms with E-state index in [1.807, 2.05) is 18.7 Å². The first-order valence-corrected chi connectivity index (χ1v) is 11.5. The van der Waals surface area contributed by atoms with E-state index in [9.17, 15) is 9.18 Å². The van der Waals surface area contributed by atoms with Gasteiger partial charge in [0.15, 0.2) is 5.82 Å². The van der Waals surface area contributed by atoms with Gasteiger partial charge in [-0.05, 0) is 44.7 Å². The Morgan fingerprint density at radius 3 is 2.52 bits per heavy atom. The summed E-state index contributed by atoms with van der Waals surface area (Å²) in [6.07, 6.45) is 4.89. The summed E-state index contributed by atoms with van der Waals surface area (Å²) in [5, 5.41) is 8.20. The summed E-state index contributed by atoms with van der Waals surface area (Å²) in [4.78, 5) is 26.4. The molecule has 174 valence electrons. The summed E-state index contributed by atoms with van der Waals surface area (Å²) in [5.74, 6) is 0.791. The van der Waals surface area contributed by atoms with Gasteiger partial charge in [0.05, 0.1) is 5.56 Å². The smallest absolute Gasteiger partial charge is 0.324 e. The highest BCUT2D eigenvalue weighted by atomic mass is 19.1. The quantitative estimate of drug-likeness (QED) is 0.564. The highest BCUT2D eigenvalue weighted by Crippen LogP contribution is 2.35. The molecular weight excluding hydrogens is 425 g/mol. The van der Waals surface area contributed by atoms with Crippen molar-refractivity contribution in [3.8, 4) is 5.69 Å². The van der Waals surface area contributed by atoms with Crippen molar-refractivity contribution in [3.05, 3.63) is 47.6 Å². The number of amides is 1. The van der Waals surface area contributed by atoms with E-state index >= 15 is 0 Å². The number of carbonyl (C=O) groups excluding carboxylic acids is 1. The Morgan fingerprint density at radius 1 is 1.18 bits per heavy atom. The lowest BCUT2D eigenvalue weighted by molar-refractivity contribution is 0.0628. The normalized spacial score (nSPS) is 17.1. The third kappa shape index (κ3) is 4.09. The van der Waals surface area contributed by atoms with Crippen molar-refractivity contribution in [1.82, 2.24) is 29.8 Å². The van der Waals surface area contributed by atoms with E-state index in [-0.39, 0.29) is 29.6 Å². The Morgan fingerprint density at radius 2 is 1.91 bits per heavy atom. The predicted octanol–water partition coefficient (Wildman–Crippen LogP) is 3.49. The molecule has 0 unspecified atom stereocenters. The molecule has 1 aliphatic heterocycles. The van der Waals surface area contributed by atoms with Crippen LogP contribution in [0.25, 0.3) is 5.69 Å². The summed E-state index contributed by atoms with van der Waals surface area (Å²) in [6, 6.07) is 5.41. The first kappa shape index (κ1) is 21.5. The summed E-state index contributed by atoms with van der Waals surface area (Å²) >= 11 is 0. The molecule has 10 heteroatoms. The number of anilines is 1.